The van der Waals surface area contributed by atoms with Crippen LogP contribution in [-0.4, -0.2) is 4.98 Å². The molecule has 0 fully saturated rings. The minimum atomic E-state index is 0.422. The lowest BCUT2D eigenvalue weighted by molar-refractivity contribution is 0.452. The fraction of sp³-hybridized carbons (Fsp3) is 0.300. The van der Waals surface area contributed by atoms with Gasteiger partial charge in [0.25, 0.3) is 0 Å². The zero-order valence-corrected chi connectivity index (χ0v) is 14.9. The zero-order chi connectivity index (χ0) is 15.8. The predicted octanol–water partition coefficient (Wildman–Crippen LogP) is 5.41. The smallest absolute Gasteiger partial charge is 0.0478 e. The van der Waals surface area contributed by atoms with Crippen molar-refractivity contribution in [3.8, 4) is 0 Å². The van der Waals surface area contributed by atoms with Gasteiger partial charge in [0.05, 0.1) is 0 Å². The molecular weight excluding hydrogens is 348 g/mol. The van der Waals surface area contributed by atoms with Crippen LogP contribution in [0.25, 0.3) is 10.9 Å². The van der Waals surface area contributed by atoms with Crippen LogP contribution in [0.2, 0.25) is 0 Å². The van der Waals surface area contributed by atoms with Crippen molar-refractivity contribution in [3.63, 3.8) is 0 Å². The average Bonchev–Trinajstić information content (AvgIpc) is 2.93. The highest BCUT2D eigenvalue weighted by atomic mass is 79.9. The van der Waals surface area contributed by atoms with Crippen LogP contribution in [0.4, 0.5) is 0 Å². The van der Waals surface area contributed by atoms with Gasteiger partial charge in [-0.25, -0.2) is 0 Å². The third-order valence-corrected chi connectivity index (χ3v) is 5.34. The largest absolute Gasteiger partial charge is 0.357 e. The van der Waals surface area contributed by atoms with E-state index in [0.717, 1.165) is 11.0 Å². The monoisotopic (exact) mass is 368 g/mol. The number of rotatable bonds is 3. The highest BCUT2D eigenvalue weighted by molar-refractivity contribution is 9.10. The number of H-pyrrole nitrogens is 1. The second-order valence-electron chi connectivity index (χ2n) is 6.52. The van der Waals surface area contributed by atoms with Crippen LogP contribution in [0.15, 0.2) is 46.9 Å². The third-order valence-electron chi connectivity index (χ3n) is 4.84. The Hall–Kier alpha value is -1.58. The number of nitrogens with one attached hydrogen (secondary N) is 2. The van der Waals surface area contributed by atoms with E-state index >= 15 is 0 Å². The first-order valence-electron chi connectivity index (χ1n) is 8.29. The van der Waals surface area contributed by atoms with Crippen molar-refractivity contribution in [1.29, 1.82) is 0 Å². The Morgan fingerprint density at radius 1 is 1.17 bits per heavy atom. The van der Waals surface area contributed by atoms with Gasteiger partial charge in [-0.1, -0.05) is 45.8 Å². The summed E-state index contributed by atoms with van der Waals surface area (Å²) in [5, 5.41) is 5.12. The standard InChI is InChI=1S/C20H21BrN2/c1-13-5-7-14(8-6-13)12-22-19-4-2-3-16-17-11-15(21)9-10-18(17)23-20(16)19/h5-11,19,22-23H,2-4,12H2,1H3. The van der Waals surface area contributed by atoms with E-state index in [9.17, 15) is 0 Å². The van der Waals surface area contributed by atoms with Gasteiger partial charge in [0, 0.05) is 33.7 Å². The molecule has 2 nitrogen and oxygen atoms in total. The van der Waals surface area contributed by atoms with E-state index in [0.29, 0.717) is 6.04 Å². The number of benzene rings is 2. The molecule has 0 radical (unpaired) electrons. The second-order valence-corrected chi connectivity index (χ2v) is 7.43. The Morgan fingerprint density at radius 2 is 2.00 bits per heavy atom. The van der Waals surface area contributed by atoms with Gasteiger partial charge in [-0.15, -0.1) is 0 Å². The average molecular weight is 369 g/mol. The lowest BCUT2D eigenvalue weighted by atomic mass is 9.91. The summed E-state index contributed by atoms with van der Waals surface area (Å²) in [5.74, 6) is 0. The van der Waals surface area contributed by atoms with Crippen LogP contribution < -0.4 is 5.32 Å². The molecule has 3 heteroatoms. The van der Waals surface area contributed by atoms with Crippen molar-refractivity contribution in [2.24, 2.45) is 0 Å². The molecule has 0 spiro atoms. The molecule has 1 aliphatic carbocycles. The highest BCUT2D eigenvalue weighted by Gasteiger charge is 2.23. The summed E-state index contributed by atoms with van der Waals surface area (Å²) in [7, 11) is 0. The van der Waals surface area contributed by atoms with Crippen LogP contribution >= 0.6 is 15.9 Å². The molecular formula is C20H21BrN2. The van der Waals surface area contributed by atoms with Gasteiger partial charge in [0.15, 0.2) is 0 Å². The summed E-state index contributed by atoms with van der Waals surface area (Å²) in [6, 6.07) is 15.8. The Labute approximate surface area is 145 Å². The molecule has 118 valence electrons. The van der Waals surface area contributed by atoms with Crippen molar-refractivity contribution in [3.05, 3.63) is 69.3 Å². The molecule has 1 heterocycles. The first kappa shape index (κ1) is 15.0. The first-order chi connectivity index (χ1) is 11.2. The lowest BCUT2D eigenvalue weighted by Crippen LogP contribution is -2.24. The number of aryl methyl sites for hydroxylation is 2. The summed E-state index contributed by atoms with van der Waals surface area (Å²) < 4.78 is 1.15. The number of aromatic nitrogens is 1. The summed E-state index contributed by atoms with van der Waals surface area (Å²) in [6.07, 6.45) is 3.62. The van der Waals surface area contributed by atoms with Crippen LogP contribution in [0.1, 0.15) is 41.3 Å². The molecule has 2 N–H and O–H groups in total. The molecule has 4 rings (SSSR count). The van der Waals surface area contributed by atoms with E-state index in [1.807, 2.05) is 0 Å². The van der Waals surface area contributed by atoms with Crippen molar-refractivity contribution < 1.29 is 0 Å². The maximum absolute atomic E-state index is 3.75. The van der Waals surface area contributed by atoms with Crippen molar-refractivity contribution in [1.82, 2.24) is 10.3 Å². The molecule has 1 atom stereocenters. The number of hydrogen-bond acceptors (Lipinski definition) is 1. The van der Waals surface area contributed by atoms with Gasteiger partial charge in [-0.05, 0) is 55.5 Å². The maximum atomic E-state index is 3.75. The van der Waals surface area contributed by atoms with Gasteiger partial charge in [0.1, 0.15) is 0 Å². The quantitative estimate of drug-likeness (QED) is 0.635. The first-order valence-corrected chi connectivity index (χ1v) is 9.09. The van der Waals surface area contributed by atoms with E-state index in [1.54, 1.807) is 0 Å². The summed E-state index contributed by atoms with van der Waals surface area (Å²) >= 11 is 3.60. The Kier molecular flexibility index (Phi) is 4.00. The van der Waals surface area contributed by atoms with Crippen LogP contribution in [0.3, 0.4) is 0 Å². The van der Waals surface area contributed by atoms with Crippen molar-refractivity contribution in [2.75, 3.05) is 0 Å². The third kappa shape index (κ3) is 2.96. The molecule has 0 aliphatic heterocycles. The van der Waals surface area contributed by atoms with E-state index in [4.69, 9.17) is 0 Å². The van der Waals surface area contributed by atoms with E-state index in [2.05, 4.69) is 75.6 Å². The summed E-state index contributed by atoms with van der Waals surface area (Å²) in [6.45, 7) is 3.05. The predicted molar refractivity (Wildman–Crippen MR) is 99.7 cm³/mol. The van der Waals surface area contributed by atoms with Gasteiger partial charge in [-0.2, -0.15) is 0 Å². The Balaban J connectivity index is 1.60. The van der Waals surface area contributed by atoms with Gasteiger partial charge >= 0.3 is 0 Å². The number of hydrogen-bond donors (Lipinski definition) is 2. The van der Waals surface area contributed by atoms with Crippen LogP contribution in [-0.2, 0) is 13.0 Å². The molecule has 0 saturated carbocycles. The van der Waals surface area contributed by atoms with E-state index in [-0.39, 0.29) is 0 Å². The zero-order valence-electron chi connectivity index (χ0n) is 13.3. The maximum Gasteiger partial charge on any atom is 0.0478 e. The molecule has 2 aromatic carbocycles. The lowest BCUT2D eigenvalue weighted by Gasteiger charge is -2.24. The summed E-state index contributed by atoms with van der Waals surface area (Å²) in [5.41, 5.74) is 6.80. The van der Waals surface area contributed by atoms with E-state index in [1.165, 1.54) is 52.5 Å². The SMILES string of the molecule is Cc1ccc(CNC2CCCc3c2[nH]c2ccc(Br)cc32)cc1. The normalized spacial score (nSPS) is 17.4. The van der Waals surface area contributed by atoms with Gasteiger partial charge in [-0.3, -0.25) is 0 Å². The summed E-state index contributed by atoms with van der Waals surface area (Å²) in [4.78, 5) is 3.66. The fourth-order valence-electron chi connectivity index (χ4n) is 3.59. The van der Waals surface area contributed by atoms with E-state index < -0.39 is 0 Å². The molecule has 1 unspecified atom stereocenters. The molecule has 23 heavy (non-hydrogen) atoms. The van der Waals surface area contributed by atoms with Crippen molar-refractivity contribution >= 4 is 26.8 Å². The van der Waals surface area contributed by atoms with Crippen molar-refractivity contribution in [2.45, 2.75) is 38.8 Å². The van der Waals surface area contributed by atoms with Gasteiger partial charge in [0.2, 0.25) is 0 Å². The Morgan fingerprint density at radius 3 is 2.83 bits per heavy atom. The number of fused-ring (bicyclic) bond motifs is 3. The fourth-order valence-corrected chi connectivity index (χ4v) is 3.95. The molecule has 1 aliphatic rings. The number of halogens is 1. The molecule has 0 bridgehead atoms. The Bertz CT molecular complexity index is 833. The minimum Gasteiger partial charge on any atom is -0.357 e. The van der Waals surface area contributed by atoms with Crippen LogP contribution in [0.5, 0.6) is 0 Å². The van der Waals surface area contributed by atoms with Gasteiger partial charge < -0.3 is 10.3 Å². The topological polar surface area (TPSA) is 27.8 Å². The molecule has 1 aromatic heterocycles. The van der Waals surface area contributed by atoms with Crippen LogP contribution in [0, 0.1) is 6.92 Å². The minimum absolute atomic E-state index is 0.422. The second kappa shape index (κ2) is 6.14. The molecule has 0 saturated heterocycles. The molecule has 3 aromatic rings. The number of aromatic amines is 1. The highest BCUT2D eigenvalue weighted by Crippen LogP contribution is 2.35. The molecule has 0 amide bonds.